The van der Waals surface area contributed by atoms with Crippen molar-refractivity contribution in [3.05, 3.63) is 0 Å². The maximum absolute atomic E-state index is 10.5. The molecule has 0 bridgehead atoms. The summed E-state index contributed by atoms with van der Waals surface area (Å²) in [5.74, 6) is -0.0715. The van der Waals surface area contributed by atoms with Gasteiger partial charge >= 0.3 is 5.97 Å². The van der Waals surface area contributed by atoms with Gasteiger partial charge in [-0.05, 0) is 13.8 Å². The Morgan fingerprint density at radius 3 is 2.57 bits per heavy atom. The van der Waals surface area contributed by atoms with E-state index in [4.69, 9.17) is 25.8 Å². The third kappa shape index (κ3) is 7.12. The molecular weight excluding hydrogens is 208 g/mol. The topological polar surface area (TPSA) is 44.8 Å². The van der Waals surface area contributed by atoms with Crippen LogP contribution in [0.1, 0.15) is 20.8 Å². The van der Waals surface area contributed by atoms with Crippen LogP contribution in [0.5, 0.6) is 0 Å². The highest BCUT2D eigenvalue weighted by molar-refractivity contribution is 6.18. The van der Waals surface area contributed by atoms with Crippen molar-refractivity contribution in [2.45, 2.75) is 33.2 Å². The summed E-state index contributed by atoms with van der Waals surface area (Å²) >= 11 is 5.62. The maximum Gasteiger partial charge on any atom is 0.302 e. The van der Waals surface area contributed by atoms with Gasteiger partial charge in [-0.2, -0.15) is 0 Å². The summed E-state index contributed by atoms with van der Waals surface area (Å²) < 4.78 is 15.3. The number of alkyl halides is 1. The molecule has 0 saturated carbocycles. The van der Waals surface area contributed by atoms with Crippen LogP contribution in [-0.2, 0) is 19.0 Å². The quantitative estimate of drug-likeness (QED) is 0.374. The van der Waals surface area contributed by atoms with Crippen LogP contribution in [0, 0.1) is 0 Å². The molecule has 0 aromatic rings. The smallest absolute Gasteiger partial charge is 0.302 e. The molecule has 0 aliphatic carbocycles. The zero-order valence-electron chi connectivity index (χ0n) is 8.79. The van der Waals surface area contributed by atoms with Crippen molar-refractivity contribution in [3.8, 4) is 0 Å². The van der Waals surface area contributed by atoms with Gasteiger partial charge in [0.25, 0.3) is 0 Å². The summed E-state index contributed by atoms with van der Waals surface area (Å²) in [5, 5.41) is 0. The van der Waals surface area contributed by atoms with Crippen molar-refractivity contribution in [1.29, 1.82) is 0 Å². The maximum atomic E-state index is 10.5. The van der Waals surface area contributed by atoms with E-state index in [9.17, 15) is 4.79 Å². The Morgan fingerprint density at radius 1 is 1.50 bits per heavy atom. The Bertz CT molecular complexity index is 163. The zero-order chi connectivity index (χ0) is 11.0. The molecule has 0 spiro atoms. The molecule has 0 aliphatic rings. The summed E-state index contributed by atoms with van der Waals surface area (Å²) in [6.45, 7) is 5.73. The fraction of sp³-hybridized carbons (Fsp3) is 0.889. The molecule has 0 rings (SSSR count). The fourth-order valence-electron chi connectivity index (χ4n) is 0.876. The fourth-order valence-corrected chi connectivity index (χ4v) is 1.04. The molecule has 0 heterocycles. The van der Waals surface area contributed by atoms with Crippen molar-refractivity contribution in [2.75, 3.05) is 19.1 Å². The molecule has 0 saturated heterocycles. The molecule has 84 valence electrons. The summed E-state index contributed by atoms with van der Waals surface area (Å²) in [4.78, 5) is 10.5. The number of carbonyl (C=O) groups is 1. The molecule has 0 radical (unpaired) electrons. The van der Waals surface area contributed by atoms with Crippen LogP contribution in [0.3, 0.4) is 0 Å². The monoisotopic (exact) mass is 224 g/mol. The minimum atomic E-state index is -0.340. The number of halogens is 1. The minimum absolute atomic E-state index is 0.163. The lowest BCUT2D eigenvalue weighted by atomic mass is 10.4. The molecule has 0 N–H and O–H groups in total. The summed E-state index contributed by atoms with van der Waals surface area (Å²) in [6, 6.07) is 0. The first-order valence-corrected chi connectivity index (χ1v) is 5.10. The van der Waals surface area contributed by atoms with Gasteiger partial charge in [0.1, 0.15) is 12.7 Å². The number of hydrogen-bond acceptors (Lipinski definition) is 4. The molecule has 0 aromatic carbocycles. The van der Waals surface area contributed by atoms with Gasteiger partial charge in [0.2, 0.25) is 0 Å². The molecule has 0 aliphatic heterocycles. The minimum Gasteiger partial charge on any atom is -0.463 e. The summed E-state index contributed by atoms with van der Waals surface area (Å²) in [5.41, 5.74) is 0. The van der Waals surface area contributed by atoms with Gasteiger partial charge in [-0.25, -0.2) is 0 Å². The molecule has 2 atom stereocenters. The van der Waals surface area contributed by atoms with Crippen molar-refractivity contribution in [2.24, 2.45) is 0 Å². The molecule has 0 fully saturated rings. The molecule has 0 aromatic heterocycles. The van der Waals surface area contributed by atoms with Crippen molar-refractivity contribution in [3.63, 3.8) is 0 Å². The highest BCUT2D eigenvalue weighted by Gasteiger charge is 2.13. The molecule has 5 heteroatoms. The van der Waals surface area contributed by atoms with E-state index >= 15 is 0 Å². The average Bonchev–Trinajstić information content (AvgIpc) is 2.12. The normalized spacial score (nSPS) is 14.9. The Balaban J connectivity index is 3.71. The van der Waals surface area contributed by atoms with Gasteiger partial charge in [-0.15, -0.1) is 11.6 Å². The van der Waals surface area contributed by atoms with Crippen LogP contribution in [0.4, 0.5) is 0 Å². The van der Waals surface area contributed by atoms with Crippen LogP contribution in [0.25, 0.3) is 0 Å². The standard InChI is InChI=1S/C9H17ClO4/c1-4-12-8(3)14-9(5-10)6-13-7(2)11/h8-9H,4-6H2,1-3H3/t8-,9-/m1/s1. The van der Waals surface area contributed by atoms with Gasteiger partial charge in [-0.1, -0.05) is 0 Å². The largest absolute Gasteiger partial charge is 0.463 e. The second-order valence-corrected chi connectivity index (χ2v) is 3.05. The van der Waals surface area contributed by atoms with Crippen LogP contribution in [-0.4, -0.2) is 37.5 Å². The van der Waals surface area contributed by atoms with E-state index < -0.39 is 0 Å². The molecule has 0 amide bonds. The summed E-state index contributed by atoms with van der Waals surface area (Å²) in [7, 11) is 0. The predicted octanol–water partition coefficient (Wildman–Crippen LogP) is 1.56. The second kappa shape index (κ2) is 8.03. The van der Waals surface area contributed by atoms with E-state index in [0.717, 1.165) is 0 Å². The number of ether oxygens (including phenoxy) is 3. The first-order valence-electron chi connectivity index (χ1n) is 4.56. The van der Waals surface area contributed by atoms with Gasteiger partial charge in [0.05, 0.1) is 5.88 Å². The van der Waals surface area contributed by atoms with E-state index in [1.54, 1.807) is 6.92 Å². The molecule has 0 unspecified atom stereocenters. The molecule has 4 nitrogen and oxygen atoms in total. The van der Waals surface area contributed by atoms with E-state index in [1.165, 1.54) is 6.92 Å². The average molecular weight is 225 g/mol. The van der Waals surface area contributed by atoms with Gasteiger partial charge < -0.3 is 14.2 Å². The highest BCUT2D eigenvalue weighted by Crippen LogP contribution is 2.03. The first kappa shape index (κ1) is 13.7. The lowest BCUT2D eigenvalue weighted by molar-refractivity contribution is -0.171. The zero-order valence-corrected chi connectivity index (χ0v) is 9.54. The van der Waals surface area contributed by atoms with E-state index in [-0.39, 0.29) is 30.9 Å². The van der Waals surface area contributed by atoms with Gasteiger partial charge in [0, 0.05) is 13.5 Å². The molecule has 14 heavy (non-hydrogen) atoms. The Hall–Kier alpha value is -0.320. The lowest BCUT2D eigenvalue weighted by Crippen LogP contribution is -2.28. The van der Waals surface area contributed by atoms with Crippen LogP contribution in [0.2, 0.25) is 0 Å². The number of rotatable bonds is 7. The van der Waals surface area contributed by atoms with Gasteiger partial charge in [0.15, 0.2) is 6.29 Å². The van der Waals surface area contributed by atoms with Gasteiger partial charge in [-0.3, -0.25) is 4.79 Å². The second-order valence-electron chi connectivity index (χ2n) is 2.74. The Labute approximate surface area is 89.5 Å². The third-order valence-corrected chi connectivity index (χ3v) is 1.77. The third-order valence-electron chi connectivity index (χ3n) is 1.43. The van der Waals surface area contributed by atoms with Crippen molar-refractivity contribution < 1.29 is 19.0 Å². The Morgan fingerprint density at radius 2 is 2.14 bits per heavy atom. The molecular formula is C9H17ClO4. The number of esters is 1. The lowest BCUT2D eigenvalue weighted by Gasteiger charge is -2.19. The first-order chi connectivity index (χ1) is 6.60. The number of hydrogen-bond donors (Lipinski definition) is 0. The van der Waals surface area contributed by atoms with E-state index in [2.05, 4.69) is 0 Å². The van der Waals surface area contributed by atoms with Crippen LogP contribution >= 0.6 is 11.6 Å². The van der Waals surface area contributed by atoms with Crippen LogP contribution in [0.15, 0.2) is 0 Å². The van der Waals surface area contributed by atoms with E-state index in [0.29, 0.717) is 6.61 Å². The Kier molecular flexibility index (Phi) is 7.84. The van der Waals surface area contributed by atoms with Crippen molar-refractivity contribution in [1.82, 2.24) is 0 Å². The SMILES string of the molecule is CCO[C@@H](C)O[C@H](CCl)COC(C)=O. The van der Waals surface area contributed by atoms with Crippen LogP contribution < -0.4 is 0 Å². The summed E-state index contributed by atoms with van der Waals surface area (Å²) in [6.07, 6.45) is -0.651. The highest BCUT2D eigenvalue weighted by atomic mass is 35.5. The van der Waals surface area contributed by atoms with E-state index in [1.807, 2.05) is 6.92 Å². The predicted molar refractivity (Wildman–Crippen MR) is 53.3 cm³/mol. The number of carbonyl (C=O) groups excluding carboxylic acids is 1. The van der Waals surface area contributed by atoms with Crippen molar-refractivity contribution >= 4 is 17.6 Å².